The molecule has 0 aromatic rings. The number of aliphatic hydroxyl groups excluding tert-OH is 2. The Morgan fingerprint density at radius 3 is 0.975 bits per heavy atom. The Bertz CT molecular complexity index is 1310. The van der Waals surface area contributed by atoms with Crippen molar-refractivity contribution in [3.05, 3.63) is 36.5 Å². The van der Waals surface area contributed by atoms with Crippen molar-refractivity contribution in [3.63, 3.8) is 0 Å². The number of unbranched alkanes of at least 4 members (excludes halogenated alkanes) is 52. The minimum atomic E-state index is -0.664. The highest BCUT2D eigenvalue weighted by molar-refractivity contribution is 5.76. The fourth-order valence-corrected chi connectivity index (χ4v) is 11.6. The quantitative estimate of drug-likeness (QED) is 0.0320. The molecule has 478 valence electrons. The minimum Gasteiger partial charge on any atom is -0.466 e. The third-order valence-corrected chi connectivity index (χ3v) is 17.2. The van der Waals surface area contributed by atoms with Gasteiger partial charge in [0, 0.05) is 12.8 Å². The van der Waals surface area contributed by atoms with Gasteiger partial charge in [-0.3, -0.25) is 9.59 Å². The van der Waals surface area contributed by atoms with Gasteiger partial charge in [-0.1, -0.05) is 346 Å². The summed E-state index contributed by atoms with van der Waals surface area (Å²) in [5.41, 5.74) is 0. The van der Waals surface area contributed by atoms with Crippen molar-refractivity contribution in [2.75, 3.05) is 13.2 Å². The number of hydrogen-bond acceptors (Lipinski definition) is 5. The standard InChI is InChI=1S/C75H143NO5/c1-3-5-7-9-11-13-15-17-19-21-33-37-41-45-49-53-57-61-65-69-75(80)81-70-66-62-58-54-50-46-42-38-35-32-30-28-26-24-22-23-25-27-29-31-34-36-40-44-48-52-56-60-64-68-74(79)76-72(71-77)73(78)67-63-59-55-51-47-43-39-20-18-16-14-12-10-8-6-4-2/h11,13,17,19,22,24,72-73,77-78H,3-10,12,14-16,18,20-21,23,25-71H2,1-2H3,(H,76,79)/b13-11-,19-17-,24-22-. The van der Waals surface area contributed by atoms with E-state index in [-0.39, 0.29) is 18.5 Å². The van der Waals surface area contributed by atoms with Crippen LogP contribution in [0.4, 0.5) is 0 Å². The number of carbonyl (C=O) groups is 2. The molecule has 81 heavy (non-hydrogen) atoms. The Hall–Kier alpha value is -1.92. The highest BCUT2D eigenvalue weighted by Crippen LogP contribution is 2.19. The van der Waals surface area contributed by atoms with Crippen LogP contribution in [0.3, 0.4) is 0 Å². The van der Waals surface area contributed by atoms with E-state index in [1.54, 1.807) is 0 Å². The van der Waals surface area contributed by atoms with Crippen LogP contribution in [0.25, 0.3) is 0 Å². The Labute approximate surface area is 506 Å². The van der Waals surface area contributed by atoms with Gasteiger partial charge in [-0.25, -0.2) is 0 Å². The van der Waals surface area contributed by atoms with Crippen LogP contribution in [-0.4, -0.2) is 47.4 Å². The molecule has 0 saturated heterocycles. The highest BCUT2D eigenvalue weighted by atomic mass is 16.5. The maximum atomic E-state index is 12.5. The first kappa shape index (κ1) is 79.1. The van der Waals surface area contributed by atoms with Gasteiger partial charge in [-0.05, 0) is 83.5 Å². The Balaban J connectivity index is 3.36. The van der Waals surface area contributed by atoms with Crippen LogP contribution in [0.2, 0.25) is 0 Å². The zero-order valence-electron chi connectivity index (χ0n) is 54.8. The highest BCUT2D eigenvalue weighted by Gasteiger charge is 2.20. The first-order chi connectivity index (χ1) is 40.0. The van der Waals surface area contributed by atoms with Crippen molar-refractivity contribution in [1.82, 2.24) is 5.32 Å². The zero-order chi connectivity index (χ0) is 58.5. The maximum Gasteiger partial charge on any atom is 0.305 e. The number of esters is 1. The Kier molecular flexibility index (Phi) is 68.9. The normalized spacial score (nSPS) is 12.7. The lowest BCUT2D eigenvalue weighted by Crippen LogP contribution is -2.45. The topological polar surface area (TPSA) is 95.9 Å². The van der Waals surface area contributed by atoms with Crippen LogP contribution in [-0.2, 0) is 14.3 Å². The van der Waals surface area contributed by atoms with Crippen LogP contribution in [0.1, 0.15) is 406 Å². The van der Waals surface area contributed by atoms with Gasteiger partial charge in [0.05, 0.1) is 25.4 Å². The first-order valence-electron chi connectivity index (χ1n) is 36.7. The van der Waals surface area contributed by atoms with Crippen LogP contribution < -0.4 is 5.32 Å². The molecular weight excluding hydrogens is 995 g/mol. The third-order valence-electron chi connectivity index (χ3n) is 17.2. The van der Waals surface area contributed by atoms with Gasteiger partial charge in [-0.2, -0.15) is 0 Å². The Morgan fingerprint density at radius 1 is 0.346 bits per heavy atom. The molecule has 0 fully saturated rings. The molecule has 1 amide bonds. The first-order valence-corrected chi connectivity index (χ1v) is 36.7. The van der Waals surface area contributed by atoms with Gasteiger partial charge in [0.2, 0.25) is 5.91 Å². The second kappa shape index (κ2) is 70.6. The number of rotatable bonds is 69. The summed E-state index contributed by atoms with van der Waals surface area (Å²) in [6, 6.07) is -0.541. The average Bonchev–Trinajstić information content (AvgIpc) is 3.47. The molecule has 0 aliphatic heterocycles. The van der Waals surface area contributed by atoms with Crippen LogP contribution in [0.15, 0.2) is 36.5 Å². The molecule has 0 aromatic carbocycles. The van der Waals surface area contributed by atoms with Gasteiger partial charge < -0.3 is 20.3 Å². The molecule has 6 heteroatoms. The van der Waals surface area contributed by atoms with Crippen LogP contribution >= 0.6 is 0 Å². The van der Waals surface area contributed by atoms with E-state index in [4.69, 9.17) is 4.74 Å². The summed E-state index contributed by atoms with van der Waals surface area (Å²) in [6.45, 7) is 4.96. The lowest BCUT2D eigenvalue weighted by Gasteiger charge is -2.22. The van der Waals surface area contributed by atoms with E-state index in [1.165, 1.54) is 321 Å². The number of allylic oxidation sites excluding steroid dienone is 6. The summed E-state index contributed by atoms with van der Waals surface area (Å²) >= 11 is 0. The van der Waals surface area contributed by atoms with E-state index < -0.39 is 12.1 Å². The van der Waals surface area contributed by atoms with Crippen molar-refractivity contribution in [2.45, 2.75) is 418 Å². The summed E-state index contributed by atoms with van der Waals surface area (Å²) in [6.07, 6.45) is 90.6. The Morgan fingerprint density at radius 2 is 0.617 bits per heavy atom. The molecule has 0 rings (SSSR count). The number of aliphatic hydroxyl groups is 2. The number of nitrogens with one attached hydrogen (secondary N) is 1. The third kappa shape index (κ3) is 67.1. The van der Waals surface area contributed by atoms with Crippen LogP contribution in [0.5, 0.6) is 0 Å². The molecule has 0 heterocycles. The summed E-state index contributed by atoms with van der Waals surface area (Å²) in [4.78, 5) is 24.6. The smallest absolute Gasteiger partial charge is 0.305 e. The predicted octanol–water partition coefficient (Wildman–Crippen LogP) is 23.9. The van der Waals surface area contributed by atoms with Gasteiger partial charge >= 0.3 is 5.97 Å². The van der Waals surface area contributed by atoms with E-state index in [0.29, 0.717) is 25.9 Å². The molecule has 6 nitrogen and oxygen atoms in total. The summed E-state index contributed by atoms with van der Waals surface area (Å²) < 4.78 is 5.51. The maximum absolute atomic E-state index is 12.5. The minimum absolute atomic E-state index is 0.0133. The fourth-order valence-electron chi connectivity index (χ4n) is 11.6. The number of ether oxygens (including phenoxy) is 1. The van der Waals surface area contributed by atoms with E-state index >= 15 is 0 Å². The van der Waals surface area contributed by atoms with E-state index in [0.717, 1.165) is 51.4 Å². The largest absolute Gasteiger partial charge is 0.466 e. The van der Waals surface area contributed by atoms with Crippen molar-refractivity contribution >= 4 is 11.9 Å². The zero-order valence-corrected chi connectivity index (χ0v) is 54.8. The summed E-state index contributed by atoms with van der Waals surface area (Å²) in [7, 11) is 0. The molecule has 0 bridgehead atoms. The SMILES string of the molecule is CCCCC/C=C\C/C=C\CCCCCCCCCCCC(=O)OCCCCCCCCCCCCCC/C=C\CCCCCCCCCCCCCCCC(=O)NC(CO)C(O)CCCCCCCCCCCCCCCCCC. The lowest BCUT2D eigenvalue weighted by molar-refractivity contribution is -0.143. The molecule has 2 unspecified atom stereocenters. The van der Waals surface area contributed by atoms with E-state index in [2.05, 4.69) is 55.6 Å². The van der Waals surface area contributed by atoms with E-state index in [9.17, 15) is 19.8 Å². The molecule has 0 aliphatic rings. The van der Waals surface area contributed by atoms with Gasteiger partial charge in [0.25, 0.3) is 0 Å². The second-order valence-corrected chi connectivity index (χ2v) is 25.3. The lowest BCUT2D eigenvalue weighted by atomic mass is 10.0. The second-order valence-electron chi connectivity index (χ2n) is 25.3. The monoisotopic (exact) mass is 1140 g/mol. The molecule has 0 aliphatic carbocycles. The molecule has 3 N–H and O–H groups in total. The number of hydrogen-bond donors (Lipinski definition) is 3. The molecule has 0 saturated carbocycles. The van der Waals surface area contributed by atoms with Crippen LogP contribution in [0, 0.1) is 0 Å². The van der Waals surface area contributed by atoms with Crippen molar-refractivity contribution in [3.8, 4) is 0 Å². The number of carbonyl (C=O) groups excluding carboxylic acids is 2. The van der Waals surface area contributed by atoms with Gasteiger partial charge in [0.1, 0.15) is 0 Å². The molecule has 0 aromatic heterocycles. The average molecular weight is 1140 g/mol. The molecule has 0 spiro atoms. The summed E-state index contributed by atoms with van der Waals surface area (Å²) in [5, 5.41) is 23.4. The van der Waals surface area contributed by atoms with Gasteiger partial charge in [0.15, 0.2) is 0 Å². The van der Waals surface area contributed by atoms with Gasteiger partial charge in [-0.15, -0.1) is 0 Å². The number of amides is 1. The van der Waals surface area contributed by atoms with Crippen molar-refractivity contribution in [1.29, 1.82) is 0 Å². The van der Waals surface area contributed by atoms with Crippen molar-refractivity contribution < 1.29 is 24.5 Å². The fraction of sp³-hybridized carbons (Fsp3) is 0.893. The predicted molar refractivity (Wildman–Crippen MR) is 356 cm³/mol. The molecule has 2 atom stereocenters. The summed E-state index contributed by atoms with van der Waals surface area (Å²) in [5.74, 6) is -0.0178. The van der Waals surface area contributed by atoms with Crippen molar-refractivity contribution in [2.24, 2.45) is 0 Å². The molecule has 0 radical (unpaired) electrons. The molecular formula is C75H143NO5. The van der Waals surface area contributed by atoms with E-state index in [1.807, 2.05) is 0 Å².